The Kier molecular flexibility index (Phi) is 3.96. The molecule has 0 saturated heterocycles. The summed E-state index contributed by atoms with van der Waals surface area (Å²) in [5.74, 6) is 0.505. The zero-order chi connectivity index (χ0) is 15.8. The summed E-state index contributed by atoms with van der Waals surface area (Å²) in [6.07, 6.45) is 15.3. The number of hydrogen-bond acceptors (Lipinski definition) is 2. The molecular weight excluding hydrogens is 284 g/mol. The van der Waals surface area contributed by atoms with Gasteiger partial charge in [-0.2, -0.15) is 0 Å². The molecular formula is C21H24O2. The molecule has 1 atom stereocenters. The molecule has 1 aromatic carbocycles. The molecule has 120 valence electrons. The van der Waals surface area contributed by atoms with Gasteiger partial charge in [-0.05, 0) is 53.5 Å². The molecule has 2 N–H and O–H groups in total. The van der Waals surface area contributed by atoms with Crippen LogP contribution in [-0.4, -0.2) is 16.5 Å². The third-order valence-electron chi connectivity index (χ3n) is 5.61. The Hall–Kier alpha value is -1.64. The van der Waals surface area contributed by atoms with Crippen LogP contribution in [0.3, 0.4) is 0 Å². The number of aliphatic hydroxyl groups is 2. The fraction of sp³-hybridized carbons (Fsp3) is 0.429. The maximum absolute atomic E-state index is 9.44. The molecule has 1 unspecified atom stereocenters. The number of allylic oxidation sites excluding steroid dienone is 4. The van der Waals surface area contributed by atoms with E-state index < -0.39 is 6.29 Å². The molecule has 0 aliphatic heterocycles. The molecule has 0 aromatic heterocycles. The molecule has 1 saturated carbocycles. The average molecular weight is 308 g/mol. The van der Waals surface area contributed by atoms with E-state index in [1.165, 1.54) is 43.2 Å². The number of aliphatic hydroxyl groups excluding tert-OH is 1. The highest BCUT2D eigenvalue weighted by Crippen LogP contribution is 2.39. The first kappa shape index (κ1) is 14.9. The normalized spacial score (nSPS) is 24.0. The Morgan fingerprint density at radius 2 is 1.87 bits per heavy atom. The Balaban J connectivity index is 1.55. The SMILES string of the molecule is OC(O)C1C=Cc2cc(C3=CCC(C4CCCCC4)=C3)ccc21. The molecule has 0 bridgehead atoms. The van der Waals surface area contributed by atoms with Gasteiger partial charge in [0.2, 0.25) is 0 Å². The second-order valence-corrected chi connectivity index (χ2v) is 7.06. The highest BCUT2D eigenvalue weighted by atomic mass is 16.5. The highest BCUT2D eigenvalue weighted by molar-refractivity contribution is 5.80. The van der Waals surface area contributed by atoms with Gasteiger partial charge in [0, 0.05) is 0 Å². The summed E-state index contributed by atoms with van der Waals surface area (Å²) in [6, 6.07) is 6.34. The number of benzene rings is 1. The summed E-state index contributed by atoms with van der Waals surface area (Å²) in [5, 5.41) is 18.9. The Bertz CT molecular complexity index is 688. The minimum atomic E-state index is -1.32. The summed E-state index contributed by atoms with van der Waals surface area (Å²) in [6.45, 7) is 0. The molecule has 3 aliphatic carbocycles. The van der Waals surface area contributed by atoms with E-state index in [1.807, 2.05) is 18.2 Å². The van der Waals surface area contributed by atoms with Gasteiger partial charge in [0.25, 0.3) is 0 Å². The highest BCUT2D eigenvalue weighted by Gasteiger charge is 2.24. The molecule has 0 radical (unpaired) electrons. The van der Waals surface area contributed by atoms with E-state index in [2.05, 4.69) is 24.3 Å². The smallest absolute Gasteiger partial charge is 0.161 e. The van der Waals surface area contributed by atoms with Crippen LogP contribution in [0.1, 0.15) is 61.1 Å². The van der Waals surface area contributed by atoms with Crippen LogP contribution in [0.2, 0.25) is 0 Å². The summed E-state index contributed by atoms with van der Waals surface area (Å²) < 4.78 is 0. The zero-order valence-electron chi connectivity index (χ0n) is 13.4. The van der Waals surface area contributed by atoms with Crippen molar-refractivity contribution >= 4 is 11.6 Å². The first-order chi connectivity index (χ1) is 11.2. The first-order valence-corrected chi connectivity index (χ1v) is 8.81. The molecule has 0 amide bonds. The predicted molar refractivity (Wildman–Crippen MR) is 93.7 cm³/mol. The molecule has 1 aromatic rings. The fourth-order valence-corrected chi connectivity index (χ4v) is 4.28. The van der Waals surface area contributed by atoms with E-state index in [9.17, 15) is 10.2 Å². The van der Waals surface area contributed by atoms with Gasteiger partial charge in [-0.25, -0.2) is 0 Å². The van der Waals surface area contributed by atoms with E-state index in [1.54, 1.807) is 5.57 Å². The summed E-state index contributed by atoms with van der Waals surface area (Å²) in [7, 11) is 0. The van der Waals surface area contributed by atoms with E-state index >= 15 is 0 Å². The van der Waals surface area contributed by atoms with Crippen LogP contribution in [0.25, 0.3) is 11.6 Å². The fourth-order valence-electron chi connectivity index (χ4n) is 4.28. The summed E-state index contributed by atoms with van der Waals surface area (Å²) in [5.41, 5.74) is 6.31. The maximum Gasteiger partial charge on any atom is 0.161 e. The van der Waals surface area contributed by atoms with Crippen LogP contribution >= 0.6 is 0 Å². The topological polar surface area (TPSA) is 40.5 Å². The standard InChI is InChI=1S/C21H24O2/c22-21(23)20-11-9-18-13-17(8-10-19(18)20)16-7-6-15(12-16)14-4-2-1-3-5-14/h7-14,20-23H,1-6H2. The van der Waals surface area contributed by atoms with E-state index in [0.29, 0.717) is 0 Å². The van der Waals surface area contributed by atoms with Crippen LogP contribution in [0.15, 0.2) is 42.0 Å². The monoisotopic (exact) mass is 308 g/mol. The van der Waals surface area contributed by atoms with Crippen molar-refractivity contribution in [3.63, 3.8) is 0 Å². The lowest BCUT2D eigenvalue weighted by Crippen LogP contribution is -2.14. The van der Waals surface area contributed by atoms with Crippen molar-refractivity contribution in [3.8, 4) is 0 Å². The minimum absolute atomic E-state index is 0.287. The molecule has 2 nitrogen and oxygen atoms in total. The van der Waals surface area contributed by atoms with Crippen LogP contribution in [0.5, 0.6) is 0 Å². The largest absolute Gasteiger partial charge is 0.367 e. The van der Waals surface area contributed by atoms with E-state index in [4.69, 9.17) is 0 Å². The van der Waals surface area contributed by atoms with Gasteiger partial charge in [-0.15, -0.1) is 0 Å². The second kappa shape index (κ2) is 6.10. The van der Waals surface area contributed by atoms with Gasteiger partial charge in [0.1, 0.15) is 0 Å². The van der Waals surface area contributed by atoms with Gasteiger partial charge >= 0.3 is 0 Å². The van der Waals surface area contributed by atoms with Crippen molar-refractivity contribution in [2.45, 2.75) is 50.7 Å². The summed E-state index contributed by atoms with van der Waals surface area (Å²) >= 11 is 0. The van der Waals surface area contributed by atoms with Crippen molar-refractivity contribution in [2.75, 3.05) is 0 Å². The number of fused-ring (bicyclic) bond motifs is 1. The van der Waals surface area contributed by atoms with Gasteiger partial charge in [-0.1, -0.05) is 61.3 Å². The Morgan fingerprint density at radius 1 is 1.04 bits per heavy atom. The average Bonchev–Trinajstić information content (AvgIpc) is 3.22. The first-order valence-electron chi connectivity index (χ1n) is 8.81. The number of hydrogen-bond donors (Lipinski definition) is 2. The van der Waals surface area contributed by atoms with Crippen LogP contribution in [-0.2, 0) is 0 Å². The zero-order valence-corrected chi connectivity index (χ0v) is 13.4. The lowest BCUT2D eigenvalue weighted by molar-refractivity contribution is -0.0490. The van der Waals surface area contributed by atoms with Crippen LogP contribution in [0, 0.1) is 5.92 Å². The lowest BCUT2D eigenvalue weighted by Gasteiger charge is -2.22. The van der Waals surface area contributed by atoms with Crippen molar-refractivity contribution in [1.29, 1.82) is 0 Å². The minimum Gasteiger partial charge on any atom is -0.367 e. The van der Waals surface area contributed by atoms with Crippen LogP contribution in [0.4, 0.5) is 0 Å². The van der Waals surface area contributed by atoms with E-state index in [-0.39, 0.29) is 5.92 Å². The molecule has 3 aliphatic rings. The van der Waals surface area contributed by atoms with E-state index in [0.717, 1.165) is 23.5 Å². The van der Waals surface area contributed by atoms with Gasteiger partial charge in [0.05, 0.1) is 5.92 Å². The molecule has 0 spiro atoms. The lowest BCUT2D eigenvalue weighted by atomic mass is 9.83. The van der Waals surface area contributed by atoms with Crippen molar-refractivity contribution in [3.05, 3.63) is 58.7 Å². The molecule has 23 heavy (non-hydrogen) atoms. The van der Waals surface area contributed by atoms with Crippen molar-refractivity contribution < 1.29 is 10.2 Å². The Labute approximate surface area is 137 Å². The summed E-state index contributed by atoms with van der Waals surface area (Å²) in [4.78, 5) is 0. The third kappa shape index (κ3) is 2.82. The molecule has 2 heteroatoms. The van der Waals surface area contributed by atoms with Crippen LogP contribution < -0.4 is 0 Å². The quantitative estimate of drug-likeness (QED) is 0.812. The Morgan fingerprint density at radius 3 is 2.65 bits per heavy atom. The maximum atomic E-state index is 9.44. The molecule has 1 fully saturated rings. The third-order valence-corrected chi connectivity index (χ3v) is 5.61. The second-order valence-electron chi connectivity index (χ2n) is 7.06. The molecule has 0 heterocycles. The van der Waals surface area contributed by atoms with Gasteiger partial charge in [-0.3, -0.25) is 0 Å². The predicted octanol–water partition coefficient (Wildman–Crippen LogP) is 4.40. The van der Waals surface area contributed by atoms with Gasteiger partial charge < -0.3 is 10.2 Å². The molecule has 4 rings (SSSR count). The number of rotatable bonds is 3. The van der Waals surface area contributed by atoms with Crippen molar-refractivity contribution in [2.24, 2.45) is 5.92 Å². The van der Waals surface area contributed by atoms with Gasteiger partial charge in [0.15, 0.2) is 6.29 Å². The van der Waals surface area contributed by atoms with Crippen molar-refractivity contribution in [1.82, 2.24) is 0 Å².